The Balaban J connectivity index is 2.00. The molecule has 0 saturated carbocycles. The van der Waals surface area contributed by atoms with Gasteiger partial charge in [-0.3, -0.25) is 4.79 Å². The first kappa shape index (κ1) is 13.9. The van der Waals surface area contributed by atoms with Gasteiger partial charge in [-0.2, -0.15) is 0 Å². The first-order chi connectivity index (χ1) is 10.1. The molecular formula is C17H13F3O. The van der Waals surface area contributed by atoms with Crippen molar-refractivity contribution in [2.75, 3.05) is 0 Å². The lowest BCUT2D eigenvalue weighted by Crippen LogP contribution is -2.19. The molecule has 108 valence electrons. The molecule has 0 aromatic heterocycles. The smallest absolute Gasteiger partial charge is 0.194 e. The van der Waals surface area contributed by atoms with Crippen LogP contribution in [0.15, 0.2) is 36.4 Å². The first-order valence-corrected chi connectivity index (χ1v) is 6.84. The third-order valence-electron chi connectivity index (χ3n) is 3.95. The lowest BCUT2D eigenvalue weighted by molar-refractivity contribution is 0.0950. The van der Waals surface area contributed by atoms with Crippen LogP contribution in [0.25, 0.3) is 0 Å². The molecule has 0 amide bonds. The molecule has 21 heavy (non-hydrogen) atoms. The first-order valence-electron chi connectivity index (χ1n) is 6.84. The average molecular weight is 290 g/mol. The second kappa shape index (κ2) is 5.35. The Kier molecular flexibility index (Phi) is 3.53. The standard InChI is InChI=1S/C17H13F3O/c18-14-8-11(9-15(19)16(14)20)17(21)13-7-3-5-10-4-1-2-6-12(10)13/h1-2,4,6,8-9,13H,3,5,7H2. The molecule has 0 fully saturated rings. The van der Waals surface area contributed by atoms with E-state index < -0.39 is 23.4 Å². The molecule has 1 atom stereocenters. The zero-order chi connectivity index (χ0) is 15.0. The van der Waals surface area contributed by atoms with Gasteiger partial charge < -0.3 is 0 Å². The summed E-state index contributed by atoms with van der Waals surface area (Å²) < 4.78 is 39.6. The molecule has 0 heterocycles. The van der Waals surface area contributed by atoms with Gasteiger partial charge in [0.05, 0.1) is 0 Å². The number of aryl methyl sites for hydroxylation is 1. The van der Waals surface area contributed by atoms with Gasteiger partial charge in [0, 0.05) is 11.5 Å². The van der Waals surface area contributed by atoms with Crippen LogP contribution in [-0.2, 0) is 6.42 Å². The Labute approximate surface area is 120 Å². The number of fused-ring (bicyclic) bond motifs is 1. The summed E-state index contributed by atoms with van der Waals surface area (Å²) >= 11 is 0. The van der Waals surface area contributed by atoms with E-state index in [-0.39, 0.29) is 11.3 Å². The van der Waals surface area contributed by atoms with Crippen molar-refractivity contribution < 1.29 is 18.0 Å². The van der Waals surface area contributed by atoms with Crippen LogP contribution in [0.1, 0.15) is 40.2 Å². The topological polar surface area (TPSA) is 17.1 Å². The monoisotopic (exact) mass is 290 g/mol. The number of carbonyl (C=O) groups excluding carboxylic acids is 1. The number of carbonyl (C=O) groups is 1. The van der Waals surface area contributed by atoms with Gasteiger partial charge in [-0.1, -0.05) is 24.3 Å². The number of ketones is 1. The summed E-state index contributed by atoms with van der Waals surface area (Å²) in [5.41, 5.74) is 1.87. The highest BCUT2D eigenvalue weighted by atomic mass is 19.2. The molecule has 0 spiro atoms. The molecule has 3 rings (SSSR count). The van der Waals surface area contributed by atoms with Crippen LogP contribution in [0.5, 0.6) is 0 Å². The predicted octanol–water partition coefficient (Wildman–Crippen LogP) is 4.41. The van der Waals surface area contributed by atoms with E-state index in [0.29, 0.717) is 6.42 Å². The summed E-state index contributed by atoms with van der Waals surface area (Å²) in [4.78, 5) is 12.5. The highest BCUT2D eigenvalue weighted by molar-refractivity contribution is 6.01. The molecule has 0 saturated heterocycles. The maximum absolute atomic E-state index is 13.3. The molecule has 0 N–H and O–H groups in total. The molecule has 0 aliphatic heterocycles. The molecule has 0 bridgehead atoms. The summed E-state index contributed by atoms with van der Waals surface area (Å²) in [6.45, 7) is 0. The van der Waals surface area contributed by atoms with E-state index in [1.54, 1.807) is 0 Å². The molecule has 4 heteroatoms. The van der Waals surface area contributed by atoms with Gasteiger partial charge in [0.25, 0.3) is 0 Å². The van der Waals surface area contributed by atoms with E-state index in [1.807, 2.05) is 24.3 Å². The summed E-state index contributed by atoms with van der Waals surface area (Å²) in [6, 6.07) is 9.13. The quantitative estimate of drug-likeness (QED) is 0.591. The van der Waals surface area contributed by atoms with E-state index in [0.717, 1.165) is 36.1 Å². The summed E-state index contributed by atoms with van der Waals surface area (Å²) in [6.07, 6.45) is 2.38. The molecule has 1 aliphatic carbocycles. The van der Waals surface area contributed by atoms with Crippen molar-refractivity contribution in [3.05, 3.63) is 70.5 Å². The number of hydrogen-bond donors (Lipinski definition) is 0. The number of Topliss-reactive ketones (excluding diaryl/α,β-unsaturated/α-hetero) is 1. The van der Waals surface area contributed by atoms with Crippen LogP contribution >= 0.6 is 0 Å². The van der Waals surface area contributed by atoms with Gasteiger partial charge in [0.1, 0.15) is 0 Å². The Bertz CT molecular complexity index is 686. The third-order valence-corrected chi connectivity index (χ3v) is 3.95. The van der Waals surface area contributed by atoms with Crippen molar-refractivity contribution in [3.8, 4) is 0 Å². The van der Waals surface area contributed by atoms with Crippen LogP contribution in [0.2, 0.25) is 0 Å². The van der Waals surface area contributed by atoms with E-state index in [9.17, 15) is 18.0 Å². The van der Waals surface area contributed by atoms with Crippen molar-refractivity contribution >= 4 is 5.78 Å². The van der Waals surface area contributed by atoms with Crippen LogP contribution in [0.4, 0.5) is 13.2 Å². The van der Waals surface area contributed by atoms with E-state index in [1.165, 1.54) is 0 Å². The van der Waals surface area contributed by atoms with Gasteiger partial charge in [-0.05, 0) is 42.5 Å². The third kappa shape index (κ3) is 2.46. The zero-order valence-corrected chi connectivity index (χ0v) is 11.2. The van der Waals surface area contributed by atoms with Crippen LogP contribution in [0.3, 0.4) is 0 Å². The van der Waals surface area contributed by atoms with Crippen molar-refractivity contribution in [3.63, 3.8) is 0 Å². The fraction of sp³-hybridized carbons (Fsp3) is 0.235. The van der Waals surface area contributed by atoms with Crippen LogP contribution < -0.4 is 0 Å². The highest BCUT2D eigenvalue weighted by Crippen LogP contribution is 2.34. The van der Waals surface area contributed by atoms with Gasteiger partial charge >= 0.3 is 0 Å². The maximum atomic E-state index is 13.3. The molecular weight excluding hydrogens is 277 g/mol. The molecule has 2 aromatic rings. The molecule has 1 unspecified atom stereocenters. The molecule has 1 nitrogen and oxygen atoms in total. The normalized spacial score (nSPS) is 17.4. The Hall–Kier alpha value is -2.10. The molecule has 2 aromatic carbocycles. The second-order valence-electron chi connectivity index (χ2n) is 5.26. The van der Waals surface area contributed by atoms with E-state index in [2.05, 4.69) is 0 Å². The highest BCUT2D eigenvalue weighted by Gasteiger charge is 2.28. The summed E-state index contributed by atoms with van der Waals surface area (Å²) in [5.74, 6) is -4.99. The van der Waals surface area contributed by atoms with E-state index in [4.69, 9.17) is 0 Å². The van der Waals surface area contributed by atoms with Crippen LogP contribution in [-0.4, -0.2) is 5.78 Å². The van der Waals surface area contributed by atoms with Gasteiger partial charge in [-0.15, -0.1) is 0 Å². The number of benzene rings is 2. The minimum Gasteiger partial charge on any atom is -0.293 e. The minimum atomic E-state index is -1.55. The predicted molar refractivity (Wildman–Crippen MR) is 72.8 cm³/mol. The van der Waals surface area contributed by atoms with Crippen molar-refractivity contribution in [2.24, 2.45) is 0 Å². The fourth-order valence-electron chi connectivity index (χ4n) is 2.93. The van der Waals surface area contributed by atoms with Crippen LogP contribution in [0, 0.1) is 17.5 Å². The number of halogens is 3. The molecule has 0 radical (unpaired) electrons. The lowest BCUT2D eigenvalue weighted by Gasteiger charge is -2.24. The number of rotatable bonds is 2. The molecule has 1 aliphatic rings. The van der Waals surface area contributed by atoms with Crippen molar-refractivity contribution in [1.29, 1.82) is 0 Å². The SMILES string of the molecule is O=C(c1cc(F)c(F)c(F)c1)C1CCCc2ccccc21. The Morgan fingerprint density at radius 1 is 1.05 bits per heavy atom. The van der Waals surface area contributed by atoms with Crippen molar-refractivity contribution in [1.82, 2.24) is 0 Å². The Morgan fingerprint density at radius 3 is 2.43 bits per heavy atom. The fourth-order valence-corrected chi connectivity index (χ4v) is 2.93. The largest absolute Gasteiger partial charge is 0.293 e. The summed E-state index contributed by atoms with van der Waals surface area (Å²) in [5, 5.41) is 0. The van der Waals surface area contributed by atoms with Gasteiger partial charge in [0.2, 0.25) is 0 Å². The number of hydrogen-bond acceptors (Lipinski definition) is 1. The maximum Gasteiger partial charge on any atom is 0.194 e. The zero-order valence-electron chi connectivity index (χ0n) is 11.2. The van der Waals surface area contributed by atoms with E-state index >= 15 is 0 Å². The second-order valence-corrected chi connectivity index (χ2v) is 5.26. The van der Waals surface area contributed by atoms with Gasteiger partial charge in [0.15, 0.2) is 23.2 Å². The van der Waals surface area contributed by atoms with Gasteiger partial charge in [-0.25, -0.2) is 13.2 Å². The summed E-state index contributed by atoms with van der Waals surface area (Å²) in [7, 11) is 0. The minimum absolute atomic E-state index is 0.117. The Morgan fingerprint density at radius 2 is 1.71 bits per heavy atom. The average Bonchev–Trinajstić information content (AvgIpc) is 2.51. The lowest BCUT2D eigenvalue weighted by atomic mass is 9.79. The van der Waals surface area contributed by atoms with Crippen molar-refractivity contribution in [2.45, 2.75) is 25.2 Å².